The normalized spacial score (nSPS) is 19.0. The molecule has 0 N–H and O–H groups in total. The third-order valence-electron chi connectivity index (χ3n) is 5.97. The number of hydrogen-bond donors (Lipinski definition) is 0. The van der Waals surface area contributed by atoms with E-state index in [-0.39, 0.29) is 10.8 Å². The largest absolute Gasteiger partial charge is 0.494 e. The number of hydrogen-bond acceptors (Lipinski definition) is 5. The molecule has 8 heteroatoms. The van der Waals surface area contributed by atoms with Gasteiger partial charge in [-0.2, -0.15) is 4.31 Å². The van der Waals surface area contributed by atoms with E-state index in [4.69, 9.17) is 9.47 Å². The topological polar surface area (TPSA) is 76.2 Å². The second-order valence-electron chi connectivity index (χ2n) is 7.93. The first-order valence-electron chi connectivity index (χ1n) is 10.6. The van der Waals surface area contributed by atoms with E-state index in [1.54, 1.807) is 53.4 Å². The van der Waals surface area contributed by atoms with Crippen LogP contribution in [-0.2, 0) is 14.8 Å². The smallest absolute Gasteiger partial charge is 0.253 e. The molecule has 2 fully saturated rings. The van der Waals surface area contributed by atoms with Gasteiger partial charge in [0.05, 0.1) is 18.1 Å². The first kappa shape index (κ1) is 21.8. The summed E-state index contributed by atoms with van der Waals surface area (Å²) in [4.78, 5) is 15.0. The number of amides is 1. The Balaban J connectivity index is 1.47. The van der Waals surface area contributed by atoms with Crippen LogP contribution >= 0.6 is 0 Å². The van der Waals surface area contributed by atoms with Crippen LogP contribution in [0.5, 0.6) is 5.75 Å². The maximum absolute atomic E-state index is 13.3. The number of carbonyl (C=O) groups is 1. The third-order valence-corrected chi connectivity index (χ3v) is 7.94. The lowest BCUT2D eigenvalue weighted by molar-refractivity contribution is -0.0857. The van der Waals surface area contributed by atoms with E-state index in [2.05, 4.69) is 0 Å². The van der Waals surface area contributed by atoms with Gasteiger partial charge in [-0.1, -0.05) is 17.7 Å². The number of piperidine rings is 1. The van der Waals surface area contributed by atoms with Crippen LogP contribution < -0.4 is 4.74 Å². The summed E-state index contributed by atoms with van der Waals surface area (Å²) in [5.74, 6) is 0.664. The lowest BCUT2D eigenvalue weighted by Crippen LogP contribution is -2.55. The van der Waals surface area contributed by atoms with Gasteiger partial charge >= 0.3 is 0 Å². The van der Waals surface area contributed by atoms with Crippen LogP contribution in [0.3, 0.4) is 0 Å². The molecule has 166 valence electrons. The number of benzene rings is 2. The molecule has 2 heterocycles. The second-order valence-corrected chi connectivity index (χ2v) is 9.80. The zero-order valence-electron chi connectivity index (χ0n) is 17.9. The molecule has 2 aromatic rings. The number of ether oxygens (including phenoxy) is 2. The Bertz CT molecular complexity index is 1030. The van der Waals surface area contributed by atoms with Gasteiger partial charge in [-0.25, -0.2) is 8.42 Å². The maximum atomic E-state index is 13.3. The molecule has 2 saturated heterocycles. The van der Waals surface area contributed by atoms with Gasteiger partial charge < -0.3 is 14.4 Å². The number of nitrogens with zero attached hydrogens (tertiary/aromatic N) is 2. The molecular weight excluding hydrogens is 416 g/mol. The highest BCUT2D eigenvalue weighted by molar-refractivity contribution is 7.89. The molecule has 0 radical (unpaired) electrons. The first-order valence-corrected chi connectivity index (χ1v) is 12.1. The van der Waals surface area contributed by atoms with Crippen molar-refractivity contribution in [1.29, 1.82) is 0 Å². The average Bonchev–Trinajstić information content (AvgIpc) is 3.19. The molecule has 2 aliphatic heterocycles. The lowest BCUT2D eigenvalue weighted by Gasteiger charge is -2.42. The highest BCUT2D eigenvalue weighted by Crippen LogP contribution is 2.38. The molecule has 0 unspecified atom stereocenters. The van der Waals surface area contributed by atoms with E-state index < -0.39 is 15.7 Å². The molecule has 0 aliphatic carbocycles. The van der Waals surface area contributed by atoms with Gasteiger partial charge in [-0.3, -0.25) is 4.79 Å². The van der Waals surface area contributed by atoms with Gasteiger partial charge in [0.25, 0.3) is 5.91 Å². The molecule has 4 rings (SSSR count). The Morgan fingerprint density at radius 3 is 2.29 bits per heavy atom. The third kappa shape index (κ3) is 4.20. The minimum atomic E-state index is -3.67. The maximum Gasteiger partial charge on any atom is 0.253 e. The highest BCUT2D eigenvalue weighted by Gasteiger charge is 2.51. The van der Waals surface area contributed by atoms with Crippen LogP contribution in [0.2, 0.25) is 0 Å². The summed E-state index contributed by atoms with van der Waals surface area (Å²) in [6.07, 6.45) is 0.891. The van der Waals surface area contributed by atoms with Crippen LogP contribution in [0.1, 0.15) is 35.7 Å². The van der Waals surface area contributed by atoms with E-state index in [1.165, 1.54) is 4.31 Å². The number of likely N-dealkylation sites (tertiary alicyclic amines) is 1. The van der Waals surface area contributed by atoms with Crippen molar-refractivity contribution in [1.82, 2.24) is 9.21 Å². The van der Waals surface area contributed by atoms with Crippen molar-refractivity contribution in [3.05, 3.63) is 59.7 Å². The quantitative estimate of drug-likeness (QED) is 0.709. The lowest BCUT2D eigenvalue weighted by atomic mass is 10.00. The van der Waals surface area contributed by atoms with Crippen molar-refractivity contribution in [3.8, 4) is 5.75 Å². The average molecular weight is 445 g/mol. The molecule has 1 spiro atoms. The number of carbonyl (C=O) groups excluding carboxylic acids is 1. The summed E-state index contributed by atoms with van der Waals surface area (Å²) >= 11 is 0. The zero-order chi connectivity index (χ0) is 22.1. The Hall–Kier alpha value is -2.42. The standard InChI is InChI=1S/C23H28N2O5S/c1-3-29-20-8-6-19(7-9-20)22(26)24-14-12-23(13-15-24)25(16-17-30-23)31(27,28)21-10-4-18(2)5-11-21/h4-11H,3,12-17H2,1-2H3. The summed E-state index contributed by atoms with van der Waals surface area (Å²) < 4.78 is 39.5. The summed E-state index contributed by atoms with van der Waals surface area (Å²) in [5, 5.41) is 0. The first-order chi connectivity index (χ1) is 14.9. The number of sulfonamides is 1. The van der Waals surface area contributed by atoms with Crippen molar-refractivity contribution in [3.63, 3.8) is 0 Å². The molecular formula is C23H28N2O5S. The molecule has 0 aromatic heterocycles. The molecule has 1 amide bonds. The SMILES string of the molecule is CCOc1ccc(C(=O)N2CCC3(CC2)OCCN3S(=O)(=O)c2ccc(C)cc2)cc1. The monoisotopic (exact) mass is 444 g/mol. The Labute approximate surface area is 183 Å². The molecule has 31 heavy (non-hydrogen) atoms. The Morgan fingerprint density at radius 1 is 1.03 bits per heavy atom. The molecule has 2 aromatic carbocycles. The van der Waals surface area contributed by atoms with Crippen molar-refractivity contribution in [2.45, 2.75) is 37.3 Å². The summed E-state index contributed by atoms with van der Waals surface area (Å²) in [7, 11) is -3.67. The molecule has 7 nitrogen and oxygen atoms in total. The van der Waals surface area contributed by atoms with Crippen LogP contribution in [-0.4, -0.2) is 62.1 Å². The van der Waals surface area contributed by atoms with E-state index in [0.717, 1.165) is 11.3 Å². The Kier molecular flexibility index (Phi) is 6.05. The minimum absolute atomic E-state index is 0.0659. The van der Waals surface area contributed by atoms with E-state index in [0.29, 0.717) is 51.3 Å². The van der Waals surface area contributed by atoms with Crippen LogP contribution in [0.25, 0.3) is 0 Å². The fourth-order valence-electron chi connectivity index (χ4n) is 4.27. The predicted molar refractivity (Wildman–Crippen MR) is 117 cm³/mol. The fraction of sp³-hybridized carbons (Fsp3) is 0.435. The molecule has 2 aliphatic rings. The summed E-state index contributed by atoms with van der Waals surface area (Å²) in [6.45, 7) is 5.96. The molecule has 0 bridgehead atoms. The van der Waals surface area contributed by atoms with Gasteiger partial charge in [0.2, 0.25) is 10.0 Å². The van der Waals surface area contributed by atoms with Gasteiger partial charge in [0.1, 0.15) is 11.5 Å². The van der Waals surface area contributed by atoms with E-state index in [1.807, 2.05) is 13.8 Å². The fourth-order valence-corrected chi connectivity index (χ4v) is 5.99. The zero-order valence-corrected chi connectivity index (χ0v) is 18.7. The van der Waals surface area contributed by atoms with Gasteiger partial charge in [0, 0.05) is 38.0 Å². The van der Waals surface area contributed by atoms with Crippen molar-refractivity contribution >= 4 is 15.9 Å². The van der Waals surface area contributed by atoms with E-state index in [9.17, 15) is 13.2 Å². The van der Waals surface area contributed by atoms with E-state index >= 15 is 0 Å². The van der Waals surface area contributed by atoms with Crippen LogP contribution in [0, 0.1) is 6.92 Å². The minimum Gasteiger partial charge on any atom is -0.494 e. The van der Waals surface area contributed by atoms with Gasteiger partial charge in [-0.05, 0) is 50.2 Å². The molecule has 0 atom stereocenters. The van der Waals surface area contributed by atoms with Gasteiger partial charge in [-0.15, -0.1) is 0 Å². The number of aryl methyl sites for hydroxylation is 1. The van der Waals surface area contributed by atoms with Crippen molar-refractivity contribution in [2.24, 2.45) is 0 Å². The summed E-state index contributed by atoms with van der Waals surface area (Å²) in [6, 6.07) is 14.0. The Morgan fingerprint density at radius 2 is 1.68 bits per heavy atom. The second kappa shape index (κ2) is 8.61. The predicted octanol–water partition coefficient (Wildman–Crippen LogP) is 3.05. The van der Waals surface area contributed by atoms with Gasteiger partial charge in [0.15, 0.2) is 0 Å². The summed E-state index contributed by atoms with van der Waals surface area (Å²) in [5.41, 5.74) is 0.711. The van der Waals surface area contributed by atoms with Crippen molar-refractivity contribution < 1.29 is 22.7 Å². The van der Waals surface area contributed by atoms with Crippen molar-refractivity contribution in [2.75, 3.05) is 32.8 Å². The number of rotatable bonds is 5. The van der Waals surface area contributed by atoms with Crippen LogP contribution in [0.15, 0.2) is 53.4 Å². The highest BCUT2D eigenvalue weighted by atomic mass is 32.2. The molecule has 0 saturated carbocycles. The van der Waals surface area contributed by atoms with Crippen LogP contribution in [0.4, 0.5) is 0 Å².